The van der Waals surface area contributed by atoms with Crippen LogP contribution in [0, 0.1) is 5.82 Å². The van der Waals surface area contributed by atoms with Gasteiger partial charge in [-0.05, 0) is 54.8 Å². The summed E-state index contributed by atoms with van der Waals surface area (Å²) in [6, 6.07) is 13.3. The Balaban J connectivity index is 1.21. The molecule has 3 heterocycles. The summed E-state index contributed by atoms with van der Waals surface area (Å²) in [7, 11) is 0. The summed E-state index contributed by atoms with van der Waals surface area (Å²) < 4.78 is 18.7. The number of thiazole rings is 1. The number of carbonyl (C=O) groups excluding carboxylic acids is 1. The van der Waals surface area contributed by atoms with Gasteiger partial charge in [0.25, 0.3) is 5.91 Å². The Labute approximate surface area is 216 Å². The highest BCUT2D eigenvalue weighted by Gasteiger charge is 2.28. The SMILES string of the molecule is Nc1nc(N2CCC(NC(=O)COc3ccc(Cl)cc3)C2)c2nc(CCc3ccc(F)cc3)sc2n1. The van der Waals surface area contributed by atoms with Crippen molar-refractivity contribution in [1.29, 1.82) is 0 Å². The lowest BCUT2D eigenvalue weighted by Gasteiger charge is -2.18. The number of fused-ring (bicyclic) bond motifs is 1. The first kappa shape index (κ1) is 24.2. The van der Waals surface area contributed by atoms with Crippen LogP contribution in [0.25, 0.3) is 10.3 Å². The average molecular weight is 527 g/mol. The van der Waals surface area contributed by atoms with Crippen LogP contribution in [0.15, 0.2) is 48.5 Å². The van der Waals surface area contributed by atoms with Crippen molar-refractivity contribution < 1.29 is 13.9 Å². The van der Waals surface area contributed by atoms with E-state index < -0.39 is 0 Å². The molecule has 8 nitrogen and oxygen atoms in total. The van der Waals surface area contributed by atoms with E-state index in [2.05, 4.69) is 20.2 Å². The highest BCUT2D eigenvalue weighted by atomic mass is 35.5. The number of nitrogens with two attached hydrogens (primary N) is 1. The van der Waals surface area contributed by atoms with Crippen molar-refractivity contribution >= 4 is 51.0 Å². The molecule has 36 heavy (non-hydrogen) atoms. The molecule has 4 aromatic rings. The predicted octanol–water partition coefficient (Wildman–Crippen LogP) is 4.02. The lowest BCUT2D eigenvalue weighted by Crippen LogP contribution is -2.39. The number of ether oxygens (including phenoxy) is 1. The molecule has 1 saturated heterocycles. The normalized spacial score (nSPS) is 15.4. The first-order valence-corrected chi connectivity index (χ1v) is 12.7. The Morgan fingerprint density at radius 3 is 2.69 bits per heavy atom. The van der Waals surface area contributed by atoms with E-state index in [1.165, 1.54) is 23.5 Å². The molecular weight excluding hydrogens is 503 g/mol. The lowest BCUT2D eigenvalue weighted by molar-refractivity contribution is -0.123. The monoisotopic (exact) mass is 526 g/mol. The number of nitrogens with zero attached hydrogens (tertiary/aromatic N) is 4. The Kier molecular flexibility index (Phi) is 7.15. The molecule has 2 aromatic carbocycles. The third-order valence-electron chi connectivity index (χ3n) is 5.88. The van der Waals surface area contributed by atoms with Crippen LogP contribution < -0.4 is 20.7 Å². The number of aromatic nitrogens is 3. The molecule has 1 fully saturated rings. The Morgan fingerprint density at radius 2 is 1.92 bits per heavy atom. The van der Waals surface area contributed by atoms with Gasteiger partial charge in [-0.2, -0.15) is 4.98 Å². The van der Waals surface area contributed by atoms with Crippen LogP contribution in [0.2, 0.25) is 5.02 Å². The third-order valence-corrected chi connectivity index (χ3v) is 7.14. The molecule has 0 bridgehead atoms. The van der Waals surface area contributed by atoms with Crippen LogP contribution in [-0.4, -0.2) is 46.6 Å². The van der Waals surface area contributed by atoms with Gasteiger partial charge in [-0.1, -0.05) is 35.1 Å². The zero-order valence-corrected chi connectivity index (χ0v) is 20.9. The molecule has 2 aromatic heterocycles. The molecule has 0 aliphatic carbocycles. The van der Waals surface area contributed by atoms with Gasteiger partial charge in [0.1, 0.15) is 17.1 Å². The predicted molar refractivity (Wildman–Crippen MR) is 139 cm³/mol. The van der Waals surface area contributed by atoms with E-state index in [1.54, 1.807) is 36.4 Å². The average Bonchev–Trinajstić information content (AvgIpc) is 3.49. The summed E-state index contributed by atoms with van der Waals surface area (Å²) in [5.41, 5.74) is 7.75. The highest BCUT2D eigenvalue weighted by molar-refractivity contribution is 7.18. The number of halogens is 2. The van der Waals surface area contributed by atoms with Gasteiger partial charge in [0.15, 0.2) is 17.3 Å². The van der Waals surface area contributed by atoms with E-state index in [1.807, 2.05) is 0 Å². The van der Waals surface area contributed by atoms with Crippen LogP contribution in [0.1, 0.15) is 17.0 Å². The summed E-state index contributed by atoms with van der Waals surface area (Å²) in [5.74, 6) is 1.01. The minimum Gasteiger partial charge on any atom is -0.484 e. The van der Waals surface area contributed by atoms with E-state index in [0.29, 0.717) is 41.6 Å². The van der Waals surface area contributed by atoms with Crippen molar-refractivity contribution in [3.8, 4) is 5.75 Å². The molecule has 1 atom stereocenters. The van der Waals surface area contributed by atoms with E-state index in [-0.39, 0.29) is 30.3 Å². The zero-order chi connectivity index (χ0) is 25.1. The maximum absolute atomic E-state index is 13.2. The Bertz CT molecular complexity index is 1370. The summed E-state index contributed by atoms with van der Waals surface area (Å²) in [6.45, 7) is 1.21. The number of rotatable bonds is 8. The van der Waals surface area contributed by atoms with Gasteiger partial charge in [0, 0.05) is 30.6 Å². The number of benzene rings is 2. The van der Waals surface area contributed by atoms with Gasteiger partial charge in [-0.15, -0.1) is 0 Å². The molecule has 0 spiro atoms. The number of hydrogen-bond donors (Lipinski definition) is 2. The third kappa shape index (κ3) is 5.83. The molecule has 0 saturated carbocycles. The number of anilines is 2. The molecule has 1 aliphatic rings. The van der Waals surface area contributed by atoms with Gasteiger partial charge in [-0.3, -0.25) is 4.79 Å². The molecule has 5 rings (SSSR count). The molecule has 1 amide bonds. The molecule has 1 aliphatic heterocycles. The van der Waals surface area contributed by atoms with E-state index in [4.69, 9.17) is 27.1 Å². The molecule has 3 N–H and O–H groups in total. The lowest BCUT2D eigenvalue weighted by atomic mass is 10.1. The summed E-state index contributed by atoms with van der Waals surface area (Å²) in [5, 5.41) is 4.54. The van der Waals surface area contributed by atoms with Crippen LogP contribution in [0.5, 0.6) is 5.75 Å². The number of nitrogen functional groups attached to an aromatic ring is 1. The summed E-state index contributed by atoms with van der Waals surface area (Å²) in [6.07, 6.45) is 2.21. The smallest absolute Gasteiger partial charge is 0.258 e. The number of nitrogens with one attached hydrogen (secondary N) is 1. The fourth-order valence-corrected chi connectivity index (χ4v) is 5.18. The quantitative estimate of drug-likeness (QED) is 0.357. The summed E-state index contributed by atoms with van der Waals surface area (Å²) >= 11 is 7.36. The first-order valence-electron chi connectivity index (χ1n) is 11.5. The van der Waals surface area contributed by atoms with Crippen molar-refractivity contribution in [1.82, 2.24) is 20.3 Å². The van der Waals surface area contributed by atoms with E-state index in [0.717, 1.165) is 28.2 Å². The standard InChI is InChI=1S/C25H24ClFN6O2S/c26-16-4-8-19(9-5-16)35-14-20(34)29-18-11-12-33(13-18)23-22-24(32-25(28)31-23)36-21(30-22)10-3-15-1-6-17(27)7-2-15/h1-2,4-9,18H,3,10-14H2,(H,29,34)(H2,28,31,32). The Hall–Kier alpha value is -3.50. The van der Waals surface area contributed by atoms with E-state index >= 15 is 0 Å². The zero-order valence-electron chi connectivity index (χ0n) is 19.3. The molecule has 1 unspecified atom stereocenters. The first-order chi connectivity index (χ1) is 17.4. The van der Waals surface area contributed by atoms with Crippen molar-refractivity contribution in [2.75, 3.05) is 30.3 Å². The fourth-order valence-electron chi connectivity index (χ4n) is 4.12. The number of hydrogen-bond acceptors (Lipinski definition) is 8. The van der Waals surface area contributed by atoms with Crippen molar-refractivity contribution in [2.24, 2.45) is 0 Å². The van der Waals surface area contributed by atoms with Crippen molar-refractivity contribution in [2.45, 2.75) is 25.3 Å². The Morgan fingerprint density at radius 1 is 1.14 bits per heavy atom. The second-order valence-electron chi connectivity index (χ2n) is 8.53. The fraction of sp³-hybridized carbons (Fsp3) is 0.280. The molecule has 11 heteroatoms. The minimum absolute atomic E-state index is 0.0471. The van der Waals surface area contributed by atoms with Crippen LogP contribution in [-0.2, 0) is 17.6 Å². The van der Waals surface area contributed by atoms with Gasteiger partial charge in [0.2, 0.25) is 5.95 Å². The topological polar surface area (TPSA) is 106 Å². The van der Waals surface area contributed by atoms with Gasteiger partial charge < -0.3 is 20.7 Å². The number of aryl methyl sites for hydroxylation is 2. The summed E-state index contributed by atoms with van der Waals surface area (Å²) in [4.78, 5) is 28.8. The van der Waals surface area contributed by atoms with Gasteiger partial charge in [0.05, 0.1) is 5.01 Å². The molecular formula is C25H24ClFN6O2S. The number of carbonyl (C=O) groups is 1. The number of amides is 1. The highest BCUT2D eigenvalue weighted by Crippen LogP contribution is 2.31. The second-order valence-corrected chi connectivity index (χ2v) is 10.0. The van der Waals surface area contributed by atoms with Gasteiger partial charge in [-0.25, -0.2) is 14.4 Å². The van der Waals surface area contributed by atoms with Crippen molar-refractivity contribution in [3.63, 3.8) is 0 Å². The van der Waals surface area contributed by atoms with Crippen molar-refractivity contribution in [3.05, 3.63) is 69.9 Å². The van der Waals surface area contributed by atoms with Gasteiger partial charge >= 0.3 is 0 Å². The molecule has 186 valence electrons. The van der Waals surface area contributed by atoms with Crippen LogP contribution in [0.3, 0.4) is 0 Å². The minimum atomic E-state index is -0.247. The van der Waals surface area contributed by atoms with Crippen LogP contribution >= 0.6 is 22.9 Å². The maximum Gasteiger partial charge on any atom is 0.258 e. The molecule has 0 radical (unpaired) electrons. The maximum atomic E-state index is 13.2. The van der Waals surface area contributed by atoms with E-state index in [9.17, 15) is 9.18 Å². The van der Waals surface area contributed by atoms with Crippen LogP contribution in [0.4, 0.5) is 16.2 Å². The largest absolute Gasteiger partial charge is 0.484 e. The second kappa shape index (κ2) is 10.6.